The fourth-order valence-electron chi connectivity index (χ4n) is 2.43. The second-order valence-corrected chi connectivity index (χ2v) is 5.82. The van der Waals surface area contributed by atoms with Crippen molar-refractivity contribution in [1.82, 2.24) is 0 Å². The molecule has 122 valence electrons. The van der Waals surface area contributed by atoms with Crippen molar-refractivity contribution in [3.05, 3.63) is 40.8 Å². The minimum Gasteiger partial charge on any atom is -0.495 e. The van der Waals surface area contributed by atoms with Crippen molar-refractivity contribution in [3.8, 4) is 5.75 Å². The number of benzene rings is 1. The van der Waals surface area contributed by atoms with E-state index in [1.165, 1.54) is 0 Å². The van der Waals surface area contributed by atoms with Crippen LogP contribution in [0.3, 0.4) is 0 Å². The average Bonchev–Trinajstić information content (AvgIpc) is 3.02. The van der Waals surface area contributed by atoms with Crippen LogP contribution in [0.5, 0.6) is 5.75 Å². The number of hydrogen-bond donors (Lipinski definition) is 1. The third-order valence-corrected chi connectivity index (χ3v) is 4.03. The second-order valence-electron chi connectivity index (χ2n) is 5.04. The first kappa shape index (κ1) is 15.9. The summed E-state index contributed by atoms with van der Waals surface area (Å²) in [6, 6.07) is 9.01. The monoisotopic (exact) mass is 380 g/mol. The number of anilines is 2. The second kappa shape index (κ2) is 7.06. The topological polar surface area (TPSA) is 63.9 Å². The largest absolute Gasteiger partial charge is 0.495 e. The lowest BCUT2D eigenvalue weighted by Crippen LogP contribution is -2.36. The smallest absolute Gasteiger partial charge is 0.291 e. The van der Waals surface area contributed by atoms with Gasteiger partial charge in [-0.25, -0.2) is 0 Å². The maximum absolute atomic E-state index is 12.3. The van der Waals surface area contributed by atoms with Gasteiger partial charge in [0.2, 0.25) is 0 Å². The van der Waals surface area contributed by atoms with E-state index in [4.69, 9.17) is 13.9 Å². The summed E-state index contributed by atoms with van der Waals surface area (Å²) < 4.78 is 16.5. The molecule has 0 bridgehead atoms. The first-order valence-corrected chi connectivity index (χ1v) is 8.04. The molecule has 1 fully saturated rings. The van der Waals surface area contributed by atoms with Gasteiger partial charge in [0, 0.05) is 18.8 Å². The van der Waals surface area contributed by atoms with E-state index in [2.05, 4.69) is 26.1 Å². The van der Waals surface area contributed by atoms with Gasteiger partial charge in [0.05, 0.1) is 26.0 Å². The van der Waals surface area contributed by atoms with E-state index >= 15 is 0 Å². The van der Waals surface area contributed by atoms with Crippen LogP contribution in [0, 0.1) is 0 Å². The molecule has 0 aliphatic carbocycles. The van der Waals surface area contributed by atoms with Gasteiger partial charge in [-0.2, -0.15) is 0 Å². The molecule has 1 saturated heterocycles. The minimum absolute atomic E-state index is 0.232. The fourth-order valence-corrected chi connectivity index (χ4v) is 2.74. The molecule has 1 aromatic heterocycles. The van der Waals surface area contributed by atoms with E-state index in [1.54, 1.807) is 19.2 Å². The number of nitrogens with zero attached hydrogens (tertiary/aromatic N) is 1. The van der Waals surface area contributed by atoms with Gasteiger partial charge in [0.15, 0.2) is 10.4 Å². The summed E-state index contributed by atoms with van der Waals surface area (Å²) in [5.41, 5.74) is 1.62. The van der Waals surface area contributed by atoms with E-state index in [0.29, 0.717) is 29.3 Å². The molecule has 0 spiro atoms. The molecule has 1 aromatic carbocycles. The van der Waals surface area contributed by atoms with Crippen molar-refractivity contribution in [3.63, 3.8) is 0 Å². The zero-order chi connectivity index (χ0) is 16.2. The number of methoxy groups -OCH3 is 1. The summed E-state index contributed by atoms with van der Waals surface area (Å²) in [6.07, 6.45) is 0. The Kier molecular flexibility index (Phi) is 4.88. The van der Waals surface area contributed by atoms with Crippen molar-refractivity contribution in [2.45, 2.75) is 0 Å². The van der Waals surface area contributed by atoms with Gasteiger partial charge >= 0.3 is 0 Å². The number of rotatable bonds is 4. The Bertz CT molecular complexity index is 695. The predicted octanol–water partition coefficient (Wildman–Crippen LogP) is 3.14. The van der Waals surface area contributed by atoms with Crippen molar-refractivity contribution in [2.24, 2.45) is 0 Å². The Morgan fingerprint density at radius 2 is 2.04 bits per heavy atom. The molecule has 6 nitrogen and oxygen atoms in total. The lowest BCUT2D eigenvalue weighted by atomic mass is 10.2. The molecule has 1 N–H and O–H groups in total. The van der Waals surface area contributed by atoms with Crippen molar-refractivity contribution >= 4 is 33.2 Å². The van der Waals surface area contributed by atoms with Crippen LogP contribution in [0.4, 0.5) is 11.4 Å². The van der Waals surface area contributed by atoms with Crippen LogP contribution in [0.25, 0.3) is 0 Å². The third kappa shape index (κ3) is 3.68. The lowest BCUT2D eigenvalue weighted by Gasteiger charge is -2.29. The summed E-state index contributed by atoms with van der Waals surface area (Å²) in [5.74, 6) is 0.504. The van der Waals surface area contributed by atoms with E-state index in [0.717, 1.165) is 18.8 Å². The normalized spacial score (nSPS) is 14.6. The maximum Gasteiger partial charge on any atom is 0.291 e. The van der Waals surface area contributed by atoms with Crippen molar-refractivity contribution < 1.29 is 18.7 Å². The summed E-state index contributed by atoms with van der Waals surface area (Å²) >= 11 is 3.19. The molecule has 1 aliphatic rings. The number of hydrogen-bond acceptors (Lipinski definition) is 5. The van der Waals surface area contributed by atoms with Gasteiger partial charge in [-0.3, -0.25) is 4.79 Å². The molecule has 0 unspecified atom stereocenters. The summed E-state index contributed by atoms with van der Waals surface area (Å²) in [6.45, 7) is 3.05. The molecule has 2 heterocycles. The zero-order valence-electron chi connectivity index (χ0n) is 12.7. The van der Waals surface area contributed by atoms with Crippen molar-refractivity contribution in [2.75, 3.05) is 43.6 Å². The Labute approximate surface area is 142 Å². The first-order chi connectivity index (χ1) is 11.2. The molecule has 0 atom stereocenters. The summed E-state index contributed by atoms with van der Waals surface area (Å²) in [4.78, 5) is 14.5. The van der Waals surface area contributed by atoms with Crippen LogP contribution in [-0.2, 0) is 4.74 Å². The Morgan fingerprint density at radius 3 is 2.70 bits per heavy atom. The lowest BCUT2D eigenvalue weighted by molar-refractivity contribution is 0.0995. The van der Waals surface area contributed by atoms with Crippen LogP contribution in [0.1, 0.15) is 10.6 Å². The quantitative estimate of drug-likeness (QED) is 0.882. The van der Waals surface area contributed by atoms with Gasteiger partial charge < -0.3 is 24.1 Å². The number of ether oxygens (including phenoxy) is 2. The van der Waals surface area contributed by atoms with E-state index in [-0.39, 0.29) is 11.7 Å². The zero-order valence-corrected chi connectivity index (χ0v) is 14.3. The van der Waals surface area contributed by atoms with Crippen LogP contribution in [-0.4, -0.2) is 39.3 Å². The van der Waals surface area contributed by atoms with Crippen molar-refractivity contribution in [1.29, 1.82) is 0 Å². The van der Waals surface area contributed by atoms with Gasteiger partial charge in [0.25, 0.3) is 5.91 Å². The summed E-state index contributed by atoms with van der Waals surface area (Å²) in [5, 5.41) is 2.83. The highest BCUT2D eigenvalue weighted by Crippen LogP contribution is 2.30. The van der Waals surface area contributed by atoms with E-state index in [1.807, 2.05) is 18.2 Å². The SMILES string of the molecule is COc1ccc(N2CCOCC2)cc1NC(=O)c1ccc(Br)o1. The molecule has 0 radical (unpaired) electrons. The standard InChI is InChI=1S/C16H17BrN2O4/c1-21-13-3-2-11(19-6-8-22-9-7-19)10-12(13)18-16(20)14-4-5-15(17)23-14/h2-5,10H,6-9H2,1H3,(H,18,20). The highest BCUT2D eigenvalue weighted by atomic mass is 79.9. The molecule has 23 heavy (non-hydrogen) atoms. The number of carbonyl (C=O) groups is 1. The number of morpholine rings is 1. The highest BCUT2D eigenvalue weighted by Gasteiger charge is 2.16. The van der Waals surface area contributed by atoms with Gasteiger partial charge in [0.1, 0.15) is 5.75 Å². The molecule has 3 rings (SSSR count). The average molecular weight is 381 g/mol. The minimum atomic E-state index is -0.326. The van der Waals surface area contributed by atoms with Crippen LogP contribution < -0.4 is 15.0 Å². The van der Waals surface area contributed by atoms with Crippen LogP contribution in [0.15, 0.2) is 39.4 Å². The summed E-state index contributed by atoms with van der Waals surface area (Å²) in [7, 11) is 1.57. The molecule has 0 saturated carbocycles. The third-order valence-electron chi connectivity index (χ3n) is 3.60. The Balaban J connectivity index is 1.82. The first-order valence-electron chi connectivity index (χ1n) is 7.25. The van der Waals surface area contributed by atoms with E-state index < -0.39 is 0 Å². The number of furan rings is 1. The molecule has 2 aromatic rings. The molecular formula is C16H17BrN2O4. The number of amides is 1. The van der Waals surface area contributed by atoms with Crippen LogP contribution >= 0.6 is 15.9 Å². The number of carbonyl (C=O) groups excluding carboxylic acids is 1. The molecular weight excluding hydrogens is 364 g/mol. The van der Waals surface area contributed by atoms with Gasteiger partial charge in [-0.15, -0.1) is 0 Å². The van der Waals surface area contributed by atoms with Gasteiger partial charge in [-0.1, -0.05) is 0 Å². The van der Waals surface area contributed by atoms with E-state index in [9.17, 15) is 4.79 Å². The fraction of sp³-hybridized carbons (Fsp3) is 0.312. The Morgan fingerprint density at radius 1 is 1.26 bits per heavy atom. The van der Waals surface area contributed by atoms with Crippen LogP contribution in [0.2, 0.25) is 0 Å². The van der Waals surface area contributed by atoms with Gasteiger partial charge in [-0.05, 0) is 46.3 Å². The molecule has 1 amide bonds. The number of nitrogens with one attached hydrogen (secondary N) is 1. The molecule has 1 aliphatic heterocycles. The predicted molar refractivity (Wildman–Crippen MR) is 90.4 cm³/mol. The Hall–Kier alpha value is -1.99. The molecule has 7 heteroatoms. The maximum atomic E-state index is 12.3. The highest BCUT2D eigenvalue weighted by molar-refractivity contribution is 9.10. The number of halogens is 1.